The van der Waals surface area contributed by atoms with E-state index in [0.29, 0.717) is 0 Å². The summed E-state index contributed by atoms with van der Waals surface area (Å²) in [6.45, 7) is 5.89. The van der Waals surface area contributed by atoms with Gasteiger partial charge in [-0.1, -0.05) is 13.8 Å². The van der Waals surface area contributed by atoms with Gasteiger partial charge >= 0.3 is 14.3 Å². The van der Waals surface area contributed by atoms with Crippen LogP contribution in [0.2, 0.25) is 0 Å². The molecule has 96 valence electrons. The Bertz CT molecular complexity index is 242. The summed E-state index contributed by atoms with van der Waals surface area (Å²) < 4.78 is 19.8. The van der Waals surface area contributed by atoms with E-state index in [2.05, 4.69) is 9.84 Å². The standard InChI is InChI=1S/C9H20NO5P/c1-4-9(3,5-2)15-8(11)10-6-7-14-16(12)13/h16H,4-7H2,1-3H3,(H,10,11)(H,12,13). The molecule has 0 aliphatic heterocycles. The molecular weight excluding hydrogens is 233 g/mol. The van der Waals surface area contributed by atoms with Crippen LogP contribution in [0.3, 0.4) is 0 Å². The smallest absolute Gasteiger partial charge is 0.407 e. The molecule has 0 aromatic rings. The van der Waals surface area contributed by atoms with Crippen molar-refractivity contribution in [2.75, 3.05) is 13.2 Å². The van der Waals surface area contributed by atoms with Crippen molar-refractivity contribution in [3.63, 3.8) is 0 Å². The lowest BCUT2D eigenvalue weighted by molar-refractivity contribution is 0.0187. The van der Waals surface area contributed by atoms with Crippen molar-refractivity contribution in [1.29, 1.82) is 0 Å². The molecule has 0 rings (SSSR count). The van der Waals surface area contributed by atoms with Gasteiger partial charge in [-0.3, -0.25) is 4.57 Å². The lowest BCUT2D eigenvalue weighted by Crippen LogP contribution is -2.37. The number of hydrogen-bond acceptors (Lipinski definition) is 4. The zero-order valence-electron chi connectivity index (χ0n) is 9.91. The predicted molar refractivity (Wildman–Crippen MR) is 60.6 cm³/mol. The maximum atomic E-state index is 11.3. The predicted octanol–water partition coefficient (Wildman–Crippen LogP) is 1.69. The number of rotatable bonds is 7. The highest BCUT2D eigenvalue weighted by atomic mass is 31.1. The summed E-state index contributed by atoms with van der Waals surface area (Å²) in [7, 11) is -2.92. The van der Waals surface area contributed by atoms with E-state index >= 15 is 0 Å². The van der Waals surface area contributed by atoms with Gasteiger partial charge in [-0.2, -0.15) is 0 Å². The van der Waals surface area contributed by atoms with Gasteiger partial charge in [0.15, 0.2) is 0 Å². The average molecular weight is 253 g/mol. The molecule has 1 amide bonds. The highest BCUT2D eigenvalue weighted by molar-refractivity contribution is 7.32. The van der Waals surface area contributed by atoms with E-state index in [1.165, 1.54) is 0 Å². The van der Waals surface area contributed by atoms with Gasteiger partial charge in [0.05, 0.1) is 6.61 Å². The third-order valence-electron chi connectivity index (χ3n) is 2.43. The molecule has 0 spiro atoms. The van der Waals surface area contributed by atoms with Gasteiger partial charge in [-0.15, -0.1) is 0 Å². The van der Waals surface area contributed by atoms with Crippen LogP contribution in [0.25, 0.3) is 0 Å². The first-order valence-electron chi connectivity index (χ1n) is 5.26. The zero-order chi connectivity index (χ0) is 12.6. The summed E-state index contributed by atoms with van der Waals surface area (Å²) in [5.41, 5.74) is -0.463. The Kier molecular flexibility index (Phi) is 7.38. The third-order valence-corrected chi connectivity index (χ3v) is 2.88. The third kappa shape index (κ3) is 6.82. The van der Waals surface area contributed by atoms with Crippen molar-refractivity contribution >= 4 is 14.3 Å². The molecule has 0 aromatic carbocycles. The fourth-order valence-electron chi connectivity index (χ4n) is 0.946. The molecule has 0 radical (unpaired) electrons. The van der Waals surface area contributed by atoms with Crippen molar-refractivity contribution in [2.24, 2.45) is 0 Å². The minimum Gasteiger partial charge on any atom is -0.443 e. The second-order valence-electron chi connectivity index (χ2n) is 3.59. The maximum absolute atomic E-state index is 11.3. The maximum Gasteiger partial charge on any atom is 0.407 e. The summed E-state index contributed by atoms with van der Waals surface area (Å²) in [5.74, 6) is 0. The molecule has 1 atom stereocenters. The Morgan fingerprint density at radius 3 is 2.44 bits per heavy atom. The lowest BCUT2D eigenvalue weighted by atomic mass is 10.0. The Morgan fingerprint density at radius 1 is 1.44 bits per heavy atom. The number of carbonyl (C=O) groups excluding carboxylic acids is 1. The Morgan fingerprint density at radius 2 is 2.00 bits per heavy atom. The molecular formula is C9H20NO5P. The largest absolute Gasteiger partial charge is 0.443 e. The Labute approximate surface area is 96.3 Å². The Balaban J connectivity index is 3.77. The van der Waals surface area contributed by atoms with Crippen LogP contribution in [0.15, 0.2) is 0 Å². The molecule has 16 heavy (non-hydrogen) atoms. The first-order valence-corrected chi connectivity index (χ1v) is 6.52. The number of alkyl carbamates (subject to hydrolysis) is 1. The monoisotopic (exact) mass is 253 g/mol. The molecule has 0 aromatic heterocycles. The molecule has 0 saturated carbocycles. The average Bonchev–Trinajstić information content (AvgIpc) is 2.24. The van der Waals surface area contributed by atoms with Crippen LogP contribution in [0.5, 0.6) is 0 Å². The lowest BCUT2D eigenvalue weighted by Gasteiger charge is -2.26. The number of hydrogen-bond donors (Lipinski definition) is 2. The van der Waals surface area contributed by atoms with Gasteiger partial charge in [-0.25, -0.2) is 4.79 Å². The minimum atomic E-state index is -2.92. The molecule has 0 bridgehead atoms. The van der Waals surface area contributed by atoms with Crippen LogP contribution in [0.4, 0.5) is 4.79 Å². The molecule has 6 nitrogen and oxygen atoms in total. The first-order chi connectivity index (χ1) is 7.43. The summed E-state index contributed by atoms with van der Waals surface area (Å²) in [4.78, 5) is 19.7. The van der Waals surface area contributed by atoms with E-state index in [1.807, 2.05) is 20.8 Å². The van der Waals surface area contributed by atoms with E-state index in [-0.39, 0.29) is 13.2 Å². The number of nitrogens with one attached hydrogen (secondary N) is 1. The van der Waals surface area contributed by atoms with E-state index in [0.717, 1.165) is 12.8 Å². The summed E-state index contributed by atoms with van der Waals surface area (Å²) in [5, 5.41) is 2.44. The van der Waals surface area contributed by atoms with Crippen LogP contribution < -0.4 is 5.32 Å². The summed E-state index contributed by atoms with van der Waals surface area (Å²) in [6, 6.07) is 0. The molecule has 0 aliphatic rings. The number of amides is 1. The molecule has 0 heterocycles. The Hall–Kier alpha value is -0.580. The first kappa shape index (κ1) is 15.4. The van der Waals surface area contributed by atoms with Gasteiger partial charge in [-0.05, 0) is 19.8 Å². The normalized spacial score (nSPS) is 13.2. The van der Waals surface area contributed by atoms with Crippen LogP contribution in [0, 0.1) is 0 Å². The van der Waals surface area contributed by atoms with Gasteiger partial charge in [0.1, 0.15) is 5.60 Å². The second-order valence-corrected chi connectivity index (χ2v) is 4.41. The van der Waals surface area contributed by atoms with Crippen LogP contribution in [-0.4, -0.2) is 29.7 Å². The van der Waals surface area contributed by atoms with E-state index in [1.54, 1.807) is 0 Å². The minimum absolute atomic E-state index is 0.00163. The van der Waals surface area contributed by atoms with Crippen molar-refractivity contribution in [1.82, 2.24) is 5.32 Å². The molecule has 0 fully saturated rings. The summed E-state index contributed by atoms with van der Waals surface area (Å²) in [6.07, 6.45) is 0.933. The fraction of sp³-hybridized carbons (Fsp3) is 0.889. The van der Waals surface area contributed by atoms with Gasteiger partial charge in [0, 0.05) is 6.54 Å². The van der Waals surface area contributed by atoms with Crippen molar-refractivity contribution in [3.05, 3.63) is 0 Å². The molecule has 0 aliphatic carbocycles. The topological polar surface area (TPSA) is 84.9 Å². The van der Waals surface area contributed by atoms with Gasteiger partial charge in [0.2, 0.25) is 0 Å². The molecule has 0 saturated heterocycles. The summed E-state index contributed by atoms with van der Waals surface area (Å²) >= 11 is 0. The molecule has 7 heteroatoms. The number of ether oxygens (including phenoxy) is 1. The molecule has 2 N–H and O–H groups in total. The van der Waals surface area contributed by atoms with Crippen molar-refractivity contribution < 1.29 is 23.5 Å². The van der Waals surface area contributed by atoms with E-state index < -0.39 is 19.9 Å². The van der Waals surface area contributed by atoms with Gasteiger partial charge in [0.25, 0.3) is 0 Å². The number of carbonyl (C=O) groups is 1. The SMILES string of the molecule is CCC(C)(CC)OC(=O)NCCO[PH](=O)O. The van der Waals surface area contributed by atoms with Crippen LogP contribution >= 0.6 is 8.25 Å². The van der Waals surface area contributed by atoms with Crippen molar-refractivity contribution in [3.8, 4) is 0 Å². The quantitative estimate of drug-likeness (QED) is 0.532. The molecule has 1 unspecified atom stereocenters. The van der Waals surface area contributed by atoms with E-state index in [4.69, 9.17) is 9.63 Å². The zero-order valence-corrected chi connectivity index (χ0v) is 10.9. The van der Waals surface area contributed by atoms with Crippen LogP contribution in [0.1, 0.15) is 33.6 Å². The highest BCUT2D eigenvalue weighted by Crippen LogP contribution is 2.19. The van der Waals surface area contributed by atoms with Crippen LogP contribution in [-0.2, 0) is 13.8 Å². The second kappa shape index (κ2) is 7.65. The van der Waals surface area contributed by atoms with Gasteiger partial charge < -0.3 is 19.5 Å². The highest BCUT2D eigenvalue weighted by Gasteiger charge is 2.24. The van der Waals surface area contributed by atoms with E-state index in [9.17, 15) is 9.36 Å². The van der Waals surface area contributed by atoms with Crippen molar-refractivity contribution in [2.45, 2.75) is 39.2 Å². The fourth-order valence-corrected chi connectivity index (χ4v) is 1.22.